The standard InChI is InChI=1S/C25H26ClF3N4O2/c1-30-21-10-14(6-9-22(21)35-2)24(34)32-17-5-3-4-16(12-17)31-20-13-23(25(27,28)29)33-19-8-7-15(26)11-18(19)20/h6-11,13,16-17,30H,3-5,12H2,1-2H3,(H,31,33)(H,32,34)/t16-,17+/m0/s1. The van der Waals surface area contributed by atoms with Crippen LogP contribution < -0.4 is 20.7 Å². The molecule has 1 aromatic heterocycles. The lowest BCUT2D eigenvalue weighted by Gasteiger charge is -2.31. The Bertz CT molecular complexity index is 1240. The number of hydrogen-bond acceptors (Lipinski definition) is 5. The van der Waals surface area contributed by atoms with E-state index in [9.17, 15) is 18.0 Å². The first kappa shape index (κ1) is 24.9. The summed E-state index contributed by atoms with van der Waals surface area (Å²) in [5, 5.41) is 10.3. The summed E-state index contributed by atoms with van der Waals surface area (Å²) in [6, 6.07) is 10.5. The molecule has 6 nitrogen and oxygen atoms in total. The van der Waals surface area contributed by atoms with Crippen LogP contribution in [-0.2, 0) is 6.18 Å². The van der Waals surface area contributed by atoms with Crippen LogP contribution >= 0.6 is 11.6 Å². The molecular formula is C25H26ClF3N4O2. The maximum Gasteiger partial charge on any atom is 0.433 e. The Kier molecular flexibility index (Phi) is 7.25. The average molecular weight is 507 g/mol. The zero-order valence-corrected chi connectivity index (χ0v) is 20.1. The third kappa shape index (κ3) is 5.73. The first-order valence-electron chi connectivity index (χ1n) is 11.3. The van der Waals surface area contributed by atoms with Gasteiger partial charge in [-0.1, -0.05) is 11.6 Å². The van der Waals surface area contributed by atoms with E-state index in [1.807, 2.05) is 0 Å². The van der Waals surface area contributed by atoms with Crippen LogP contribution in [0.1, 0.15) is 41.7 Å². The number of fused-ring (bicyclic) bond motifs is 1. The number of benzene rings is 2. The summed E-state index contributed by atoms with van der Waals surface area (Å²) < 4.78 is 45.6. The fraction of sp³-hybridized carbons (Fsp3) is 0.360. The van der Waals surface area contributed by atoms with Gasteiger partial charge in [-0.15, -0.1) is 0 Å². The van der Waals surface area contributed by atoms with Crippen molar-refractivity contribution in [3.63, 3.8) is 0 Å². The number of methoxy groups -OCH3 is 1. The molecule has 0 spiro atoms. The topological polar surface area (TPSA) is 75.3 Å². The van der Waals surface area contributed by atoms with Gasteiger partial charge in [0.1, 0.15) is 11.4 Å². The number of ether oxygens (including phenoxy) is 1. The number of carbonyl (C=O) groups excluding carboxylic acids is 1. The van der Waals surface area contributed by atoms with Gasteiger partial charge in [-0.2, -0.15) is 13.2 Å². The molecule has 4 rings (SSSR count). The molecule has 0 bridgehead atoms. The van der Waals surface area contributed by atoms with E-state index in [1.165, 1.54) is 12.1 Å². The molecule has 1 aliphatic rings. The van der Waals surface area contributed by atoms with Gasteiger partial charge in [0.25, 0.3) is 5.91 Å². The van der Waals surface area contributed by atoms with Crippen molar-refractivity contribution < 1.29 is 22.7 Å². The fourth-order valence-corrected chi connectivity index (χ4v) is 4.62. The van der Waals surface area contributed by atoms with Crippen molar-refractivity contribution in [3.05, 3.63) is 58.7 Å². The highest BCUT2D eigenvalue weighted by Crippen LogP contribution is 2.35. The Balaban J connectivity index is 1.51. The van der Waals surface area contributed by atoms with E-state index in [4.69, 9.17) is 16.3 Å². The predicted octanol–water partition coefficient (Wildman–Crippen LogP) is 6.11. The molecule has 3 N–H and O–H groups in total. The largest absolute Gasteiger partial charge is 0.495 e. The molecular weight excluding hydrogens is 481 g/mol. The highest BCUT2D eigenvalue weighted by molar-refractivity contribution is 6.31. The minimum absolute atomic E-state index is 0.118. The van der Waals surface area contributed by atoms with Crippen molar-refractivity contribution in [2.75, 3.05) is 24.8 Å². The summed E-state index contributed by atoms with van der Waals surface area (Å²) in [6.45, 7) is 0. The molecule has 186 valence electrons. The minimum Gasteiger partial charge on any atom is -0.495 e. The van der Waals surface area contributed by atoms with Gasteiger partial charge in [0.05, 0.1) is 18.3 Å². The van der Waals surface area contributed by atoms with Crippen LogP contribution in [0.4, 0.5) is 24.5 Å². The number of aromatic nitrogens is 1. The molecule has 1 saturated carbocycles. The average Bonchev–Trinajstić information content (AvgIpc) is 2.83. The Morgan fingerprint density at radius 2 is 1.86 bits per heavy atom. The number of nitrogens with one attached hydrogen (secondary N) is 3. The normalized spacial score (nSPS) is 18.2. The number of rotatable bonds is 6. The Hall–Kier alpha value is -3.20. The van der Waals surface area contributed by atoms with Crippen molar-refractivity contribution in [1.82, 2.24) is 10.3 Å². The molecule has 0 unspecified atom stereocenters. The Labute approximate surface area is 206 Å². The molecule has 1 fully saturated rings. The number of hydrogen-bond donors (Lipinski definition) is 3. The summed E-state index contributed by atoms with van der Waals surface area (Å²) in [5.74, 6) is 0.421. The van der Waals surface area contributed by atoms with E-state index >= 15 is 0 Å². The van der Waals surface area contributed by atoms with Crippen LogP contribution in [0, 0.1) is 0 Å². The van der Waals surface area contributed by atoms with E-state index < -0.39 is 11.9 Å². The summed E-state index contributed by atoms with van der Waals surface area (Å²) in [6.07, 6.45) is -1.62. The molecule has 1 amide bonds. The lowest BCUT2D eigenvalue weighted by Crippen LogP contribution is -2.41. The first-order valence-corrected chi connectivity index (χ1v) is 11.7. The highest BCUT2D eigenvalue weighted by atomic mass is 35.5. The van der Waals surface area contributed by atoms with Gasteiger partial charge in [0, 0.05) is 40.8 Å². The predicted molar refractivity (Wildman–Crippen MR) is 131 cm³/mol. The van der Waals surface area contributed by atoms with Crippen LogP contribution in [0.15, 0.2) is 42.5 Å². The van der Waals surface area contributed by atoms with Gasteiger partial charge in [-0.05, 0) is 68.1 Å². The Morgan fingerprint density at radius 1 is 1.09 bits per heavy atom. The van der Waals surface area contributed by atoms with Crippen LogP contribution in [-0.4, -0.2) is 37.1 Å². The van der Waals surface area contributed by atoms with E-state index in [0.717, 1.165) is 25.3 Å². The van der Waals surface area contributed by atoms with E-state index in [2.05, 4.69) is 20.9 Å². The molecule has 3 aromatic rings. The second-order valence-corrected chi connectivity index (χ2v) is 8.99. The maximum absolute atomic E-state index is 13.4. The molecule has 10 heteroatoms. The SMILES string of the molecule is CNc1cc(C(=O)N[C@@H]2CCC[C@H](Nc3cc(C(F)(F)F)nc4ccc(Cl)cc34)C2)ccc1OC. The molecule has 2 atom stereocenters. The van der Waals surface area contributed by atoms with Crippen LogP contribution in [0.3, 0.4) is 0 Å². The number of amides is 1. The molecule has 0 saturated heterocycles. The molecule has 1 heterocycles. The first-order chi connectivity index (χ1) is 16.7. The smallest absolute Gasteiger partial charge is 0.433 e. The van der Waals surface area contributed by atoms with Crippen molar-refractivity contribution in [2.45, 2.75) is 43.9 Å². The quantitative estimate of drug-likeness (QED) is 0.376. The Morgan fingerprint density at radius 3 is 2.57 bits per heavy atom. The van der Waals surface area contributed by atoms with Crippen LogP contribution in [0.5, 0.6) is 5.75 Å². The van der Waals surface area contributed by atoms with Gasteiger partial charge in [-0.25, -0.2) is 4.98 Å². The molecule has 35 heavy (non-hydrogen) atoms. The fourth-order valence-electron chi connectivity index (χ4n) is 4.45. The second-order valence-electron chi connectivity index (χ2n) is 8.56. The zero-order valence-electron chi connectivity index (χ0n) is 19.3. The highest BCUT2D eigenvalue weighted by Gasteiger charge is 2.34. The van der Waals surface area contributed by atoms with Crippen LogP contribution in [0.2, 0.25) is 5.02 Å². The molecule has 1 aliphatic carbocycles. The van der Waals surface area contributed by atoms with Gasteiger partial charge in [0.15, 0.2) is 0 Å². The number of pyridine rings is 1. The van der Waals surface area contributed by atoms with Crippen molar-refractivity contribution in [3.8, 4) is 5.75 Å². The number of nitrogens with zero attached hydrogens (tertiary/aromatic N) is 1. The van der Waals surface area contributed by atoms with Crippen molar-refractivity contribution in [2.24, 2.45) is 0 Å². The summed E-state index contributed by atoms with van der Waals surface area (Å²) in [5.41, 5.74) is 0.778. The minimum atomic E-state index is -4.57. The number of halogens is 4. The maximum atomic E-state index is 13.4. The third-order valence-corrected chi connectivity index (χ3v) is 6.40. The summed E-state index contributed by atoms with van der Waals surface area (Å²) >= 11 is 6.10. The molecule has 0 aliphatic heterocycles. The molecule has 2 aromatic carbocycles. The lowest BCUT2D eigenvalue weighted by atomic mass is 9.90. The summed E-state index contributed by atoms with van der Waals surface area (Å²) in [4.78, 5) is 16.6. The summed E-state index contributed by atoms with van der Waals surface area (Å²) in [7, 11) is 3.31. The van der Waals surface area contributed by atoms with Gasteiger partial charge >= 0.3 is 6.18 Å². The monoisotopic (exact) mass is 506 g/mol. The number of alkyl halides is 3. The second kappa shape index (κ2) is 10.2. The number of anilines is 2. The zero-order chi connectivity index (χ0) is 25.2. The van der Waals surface area contributed by atoms with Gasteiger partial charge < -0.3 is 20.7 Å². The van der Waals surface area contributed by atoms with E-state index in [1.54, 1.807) is 38.4 Å². The third-order valence-electron chi connectivity index (χ3n) is 6.16. The van der Waals surface area contributed by atoms with E-state index in [-0.39, 0.29) is 23.5 Å². The van der Waals surface area contributed by atoms with Gasteiger partial charge in [0.2, 0.25) is 0 Å². The molecule has 0 radical (unpaired) electrons. The van der Waals surface area contributed by atoms with Crippen molar-refractivity contribution in [1.29, 1.82) is 0 Å². The number of carbonyl (C=O) groups is 1. The lowest BCUT2D eigenvalue weighted by molar-refractivity contribution is -0.140. The van der Waals surface area contributed by atoms with Crippen molar-refractivity contribution >= 4 is 39.8 Å². The van der Waals surface area contributed by atoms with Crippen LogP contribution in [0.25, 0.3) is 10.9 Å². The van der Waals surface area contributed by atoms with E-state index in [0.29, 0.717) is 39.5 Å². The van der Waals surface area contributed by atoms with Gasteiger partial charge in [-0.3, -0.25) is 4.79 Å².